The molecule has 4 N–H and O–H groups in total. The molecule has 0 saturated heterocycles. The third-order valence-corrected chi connectivity index (χ3v) is 4.06. The molecule has 7 heteroatoms. The Balaban J connectivity index is 1.49. The maximum absolute atomic E-state index is 12.0. The lowest BCUT2D eigenvalue weighted by molar-refractivity contribution is -0.116. The van der Waals surface area contributed by atoms with E-state index in [1.807, 2.05) is 43.3 Å². The van der Waals surface area contributed by atoms with Crippen LogP contribution in [0.15, 0.2) is 47.5 Å². The van der Waals surface area contributed by atoms with Crippen molar-refractivity contribution < 1.29 is 9.53 Å². The Morgan fingerprint density at radius 3 is 3.00 bits per heavy atom. The number of ether oxygens (including phenoxy) is 1. The van der Waals surface area contributed by atoms with Crippen LogP contribution in [-0.4, -0.2) is 30.0 Å². The van der Waals surface area contributed by atoms with E-state index >= 15 is 0 Å². The van der Waals surface area contributed by atoms with Gasteiger partial charge in [0.2, 0.25) is 5.91 Å². The van der Waals surface area contributed by atoms with Crippen molar-refractivity contribution in [3.05, 3.63) is 53.7 Å². The molecule has 3 rings (SSSR count). The van der Waals surface area contributed by atoms with Gasteiger partial charge in [-0.3, -0.25) is 9.79 Å². The predicted octanol–water partition coefficient (Wildman–Crippen LogP) is 2.15. The summed E-state index contributed by atoms with van der Waals surface area (Å²) in [7, 11) is 0. The number of carbonyl (C=O) groups is 1. The van der Waals surface area contributed by atoms with Crippen LogP contribution < -0.4 is 21.1 Å². The molecule has 0 spiro atoms. The second-order valence-electron chi connectivity index (χ2n) is 6.10. The van der Waals surface area contributed by atoms with Gasteiger partial charge in [-0.05, 0) is 25.1 Å². The minimum absolute atomic E-state index is 0.0639. The maximum Gasteiger partial charge on any atom is 0.227 e. The highest BCUT2D eigenvalue weighted by Gasteiger charge is 2.21. The summed E-state index contributed by atoms with van der Waals surface area (Å²) in [5.74, 6) is 1.60. The van der Waals surface area contributed by atoms with Gasteiger partial charge in [-0.2, -0.15) is 0 Å². The molecule has 1 aliphatic heterocycles. The van der Waals surface area contributed by atoms with Crippen molar-refractivity contribution in [2.75, 3.05) is 18.5 Å². The number of hydrogen-bond acceptors (Lipinski definition) is 4. The number of nitrogens with two attached hydrogens (primary N) is 1. The number of nitrogens with one attached hydrogen (secondary N) is 2. The van der Waals surface area contributed by atoms with E-state index in [9.17, 15) is 4.79 Å². The number of carbonyl (C=O) groups excluding carboxylic acids is 1. The van der Waals surface area contributed by atoms with E-state index in [-0.39, 0.29) is 18.4 Å². The molecule has 7 nitrogen and oxygen atoms in total. The van der Waals surface area contributed by atoms with Crippen molar-refractivity contribution in [3.63, 3.8) is 0 Å². The fraction of sp³-hybridized carbons (Fsp3) is 0.316. The van der Waals surface area contributed by atoms with Crippen molar-refractivity contribution in [1.29, 1.82) is 0 Å². The maximum atomic E-state index is 12.0. The lowest BCUT2D eigenvalue weighted by Gasteiger charge is -2.26. The Morgan fingerprint density at radius 1 is 1.31 bits per heavy atom. The van der Waals surface area contributed by atoms with Gasteiger partial charge in [0, 0.05) is 24.1 Å². The summed E-state index contributed by atoms with van der Waals surface area (Å²) < 4.78 is 5.63. The first kappa shape index (κ1) is 17.7. The molecular formula is C19H23N5O2. The van der Waals surface area contributed by atoms with Gasteiger partial charge in [0.15, 0.2) is 5.96 Å². The summed E-state index contributed by atoms with van der Waals surface area (Å²) in [6, 6.07) is 13.4. The van der Waals surface area contributed by atoms with Crippen molar-refractivity contribution >= 4 is 17.7 Å². The number of fused-ring (bicyclic) bond motifs is 1. The average Bonchev–Trinajstić information content (AvgIpc) is 2.62. The lowest BCUT2D eigenvalue weighted by Crippen LogP contribution is -2.37. The van der Waals surface area contributed by atoms with Crippen LogP contribution in [0.3, 0.4) is 0 Å². The molecule has 0 aliphatic carbocycles. The van der Waals surface area contributed by atoms with Gasteiger partial charge < -0.3 is 21.1 Å². The fourth-order valence-corrected chi connectivity index (χ4v) is 2.81. The Bertz CT molecular complexity index is 806. The normalized spacial score (nSPS) is 16.3. The molecule has 0 bridgehead atoms. The third-order valence-electron chi connectivity index (χ3n) is 4.06. The number of benzene rings is 1. The molecule has 1 aromatic heterocycles. The standard InChI is InChI=1S/C19H23N5O2/c1-13-5-4-8-17(22-13)24-18(25)9-11-21-19(20)23-15-10-12-26-16-7-3-2-6-14(15)16/h2-8,15H,9-12H2,1H3,(H3,20,21,23)(H,22,24,25). The minimum atomic E-state index is -0.143. The zero-order chi connectivity index (χ0) is 18.4. The van der Waals surface area contributed by atoms with Crippen LogP contribution in [0.2, 0.25) is 0 Å². The quantitative estimate of drug-likeness (QED) is 0.565. The first-order chi connectivity index (χ1) is 12.6. The number of para-hydroxylation sites is 1. The summed E-state index contributed by atoms with van der Waals surface area (Å²) >= 11 is 0. The van der Waals surface area contributed by atoms with Gasteiger partial charge in [0.25, 0.3) is 0 Å². The fourth-order valence-electron chi connectivity index (χ4n) is 2.81. The van der Waals surface area contributed by atoms with Gasteiger partial charge in [0.05, 0.1) is 19.2 Å². The van der Waals surface area contributed by atoms with Gasteiger partial charge in [-0.25, -0.2) is 4.98 Å². The number of guanidine groups is 1. The number of nitrogens with zero attached hydrogens (tertiary/aromatic N) is 2. The zero-order valence-corrected chi connectivity index (χ0v) is 14.7. The average molecular weight is 353 g/mol. The number of amides is 1. The number of pyridine rings is 1. The van der Waals surface area contributed by atoms with Gasteiger partial charge >= 0.3 is 0 Å². The minimum Gasteiger partial charge on any atom is -0.493 e. The highest BCUT2D eigenvalue weighted by molar-refractivity contribution is 5.90. The van der Waals surface area contributed by atoms with Crippen LogP contribution in [0.5, 0.6) is 5.75 Å². The molecule has 2 heterocycles. The van der Waals surface area contributed by atoms with E-state index in [0.29, 0.717) is 24.9 Å². The van der Waals surface area contributed by atoms with E-state index in [1.54, 1.807) is 6.07 Å². The number of aromatic nitrogens is 1. The van der Waals surface area contributed by atoms with E-state index in [2.05, 4.69) is 20.6 Å². The van der Waals surface area contributed by atoms with Gasteiger partial charge in [-0.15, -0.1) is 0 Å². The molecule has 0 fully saturated rings. The molecule has 0 radical (unpaired) electrons. The molecule has 1 aliphatic rings. The SMILES string of the molecule is Cc1cccc(NC(=O)CCN=C(N)NC2CCOc3ccccc32)n1. The topological polar surface area (TPSA) is 102 Å². The number of aryl methyl sites for hydroxylation is 1. The molecule has 1 amide bonds. The second kappa shape index (κ2) is 8.33. The van der Waals surface area contributed by atoms with Crippen LogP contribution in [-0.2, 0) is 4.79 Å². The van der Waals surface area contributed by atoms with Crippen LogP contribution >= 0.6 is 0 Å². The van der Waals surface area contributed by atoms with Crippen LogP contribution in [0.1, 0.15) is 30.1 Å². The van der Waals surface area contributed by atoms with E-state index in [1.165, 1.54) is 0 Å². The van der Waals surface area contributed by atoms with Crippen molar-refractivity contribution in [3.8, 4) is 5.75 Å². The van der Waals surface area contributed by atoms with Crippen LogP contribution in [0.25, 0.3) is 0 Å². The number of hydrogen-bond donors (Lipinski definition) is 3. The van der Waals surface area contributed by atoms with Gasteiger partial charge in [-0.1, -0.05) is 24.3 Å². The summed E-state index contributed by atoms with van der Waals surface area (Å²) in [6.45, 7) is 2.82. The molecule has 2 aromatic rings. The number of rotatable bonds is 5. The molecule has 26 heavy (non-hydrogen) atoms. The third kappa shape index (κ3) is 4.72. The van der Waals surface area contributed by atoms with E-state index < -0.39 is 0 Å². The van der Waals surface area contributed by atoms with E-state index in [4.69, 9.17) is 10.5 Å². The molecule has 1 aromatic carbocycles. The Labute approximate surface area is 152 Å². The predicted molar refractivity (Wildman–Crippen MR) is 101 cm³/mol. The monoisotopic (exact) mass is 353 g/mol. The van der Waals surface area contributed by atoms with E-state index in [0.717, 1.165) is 23.4 Å². The van der Waals surface area contributed by atoms with Gasteiger partial charge in [0.1, 0.15) is 11.6 Å². The number of anilines is 1. The molecular weight excluding hydrogens is 330 g/mol. The summed E-state index contributed by atoms with van der Waals surface area (Å²) in [4.78, 5) is 20.5. The second-order valence-corrected chi connectivity index (χ2v) is 6.10. The van der Waals surface area contributed by atoms with Crippen LogP contribution in [0.4, 0.5) is 5.82 Å². The highest BCUT2D eigenvalue weighted by Crippen LogP contribution is 2.31. The zero-order valence-electron chi connectivity index (χ0n) is 14.7. The first-order valence-electron chi connectivity index (χ1n) is 8.63. The van der Waals surface area contributed by atoms with Crippen molar-refractivity contribution in [2.24, 2.45) is 10.7 Å². The summed E-state index contributed by atoms with van der Waals surface area (Å²) in [6.07, 6.45) is 1.05. The van der Waals surface area contributed by atoms with Crippen molar-refractivity contribution in [1.82, 2.24) is 10.3 Å². The largest absolute Gasteiger partial charge is 0.493 e. The highest BCUT2D eigenvalue weighted by atomic mass is 16.5. The molecule has 1 atom stereocenters. The number of aliphatic imine (C=N–C) groups is 1. The lowest BCUT2D eigenvalue weighted by atomic mass is 10.0. The first-order valence-corrected chi connectivity index (χ1v) is 8.63. The Morgan fingerprint density at radius 2 is 2.15 bits per heavy atom. The molecule has 136 valence electrons. The van der Waals surface area contributed by atoms with Crippen LogP contribution in [0, 0.1) is 6.92 Å². The molecule has 0 saturated carbocycles. The Hall–Kier alpha value is -3.09. The smallest absolute Gasteiger partial charge is 0.227 e. The van der Waals surface area contributed by atoms with Crippen molar-refractivity contribution in [2.45, 2.75) is 25.8 Å². The summed E-state index contributed by atoms with van der Waals surface area (Å²) in [5.41, 5.74) is 7.90. The Kier molecular flexibility index (Phi) is 5.68. The molecule has 1 unspecified atom stereocenters. The summed E-state index contributed by atoms with van der Waals surface area (Å²) in [5, 5.41) is 5.96.